The molecular weight excluding hydrogens is 176 g/mol. The maximum absolute atomic E-state index is 10.6. The fraction of sp³-hybridized carbons (Fsp3) is 0.286. The van der Waals surface area contributed by atoms with Crippen LogP contribution in [0, 0.1) is 0 Å². The van der Waals surface area contributed by atoms with Gasteiger partial charge in [0.2, 0.25) is 0 Å². The van der Waals surface area contributed by atoms with E-state index in [0.717, 1.165) is 5.56 Å². The summed E-state index contributed by atoms with van der Waals surface area (Å²) in [6.07, 6.45) is 0. The monoisotopic (exact) mass is 186 g/mol. The Balaban J connectivity index is 2.49. The number of urea groups is 1. The zero-order valence-electron chi connectivity index (χ0n) is 6.57. The number of nitrogens with one attached hydrogen (secondary N) is 2. The Morgan fingerprint density at radius 2 is 2.50 bits per heavy atom. The van der Waals surface area contributed by atoms with Gasteiger partial charge in [0.05, 0.1) is 6.04 Å². The minimum absolute atomic E-state index is 0.0802. The highest BCUT2D eigenvalue weighted by molar-refractivity contribution is 7.07. The van der Waals surface area contributed by atoms with Gasteiger partial charge in [0.25, 0.3) is 0 Å². The average Bonchev–Trinajstić information content (AvgIpc) is 2.56. The van der Waals surface area contributed by atoms with Crippen LogP contribution in [-0.4, -0.2) is 11.2 Å². The highest BCUT2D eigenvalue weighted by Gasteiger charge is 2.07. The Bertz CT molecular complexity index is 248. The molecule has 0 aliphatic carbocycles. The van der Waals surface area contributed by atoms with Gasteiger partial charge in [-0.2, -0.15) is 11.3 Å². The van der Waals surface area contributed by atoms with E-state index < -0.39 is 6.03 Å². The van der Waals surface area contributed by atoms with Crippen LogP contribution >= 0.6 is 11.3 Å². The summed E-state index contributed by atoms with van der Waals surface area (Å²) >= 11 is 1.57. The van der Waals surface area contributed by atoms with Crippen molar-refractivity contribution < 1.29 is 10.0 Å². The molecular formula is C7H10N2O2S. The highest BCUT2D eigenvalue weighted by Crippen LogP contribution is 2.14. The van der Waals surface area contributed by atoms with Gasteiger partial charge in [-0.15, -0.1) is 0 Å². The zero-order valence-corrected chi connectivity index (χ0v) is 7.39. The molecule has 0 aliphatic heterocycles. The number of rotatable bonds is 2. The fourth-order valence-electron chi connectivity index (χ4n) is 0.834. The van der Waals surface area contributed by atoms with E-state index in [-0.39, 0.29) is 6.04 Å². The molecule has 0 aliphatic rings. The molecule has 0 spiro atoms. The molecule has 66 valence electrons. The summed E-state index contributed by atoms with van der Waals surface area (Å²) in [7, 11) is 0. The van der Waals surface area contributed by atoms with Gasteiger partial charge in [0, 0.05) is 0 Å². The van der Waals surface area contributed by atoms with Crippen LogP contribution in [0.4, 0.5) is 4.79 Å². The Hall–Kier alpha value is -1.07. The van der Waals surface area contributed by atoms with Crippen LogP contribution in [0.1, 0.15) is 18.5 Å². The normalized spacial score (nSPS) is 12.2. The van der Waals surface area contributed by atoms with Crippen LogP contribution in [0.3, 0.4) is 0 Å². The molecule has 1 rings (SSSR count). The molecule has 0 aromatic carbocycles. The Morgan fingerprint density at radius 1 is 1.75 bits per heavy atom. The number of hydrogen-bond acceptors (Lipinski definition) is 3. The van der Waals surface area contributed by atoms with Crippen molar-refractivity contribution in [3.05, 3.63) is 22.4 Å². The van der Waals surface area contributed by atoms with E-state index in [1.165, 1.54) is 5.48 Å². The lowest BCUT2D eigenvalue weighted by atomic mass is 10.2. The second-order valence-electron chi connectivity index (χ2n) is 2.36. The quantitative estimate of drug-likeness (QED) is 0.484. The zero-order chi connectivity index (χ0) is 8.97. The summed E-state index contributed by atoms with van der Waals surface area (Å²) in [5.41, 5.74) is 2.54. The standard InChI is InChI=1S/C7H10N2O2S/c1-5(8-7(10)9-11)6-2-3-12-4-6/h2-5,11H,1H3,(H2,8,9,10). The molecule has 1 aromatic heterocycles. The fourth-order valence-corrected chi connectivity index (χ4v) is 1.59. The van der Waals surface area contributed by atoms with Crippen molar-refractivity contribution in [3.8, 4) is 0 Å². The van der Waals surface area contributed by atoms with Crippen LogP contribution in [-0.2, 0) is 0 Å². The highest BCUT2D eigenvalue weighted by atomic mass is 32.1. The van der Waals surface area contributed by atoms with Gasteiger partial charge >= 0.3 is 6.03 Å². The van der Waals surface area contributed by atoms with E-state index in [2.05, 4.69) is 5.32 Å². The van der Waals surface area contributed by atoms with E-state index in [0.29, 0.717) is 0 Å². The topological polar surface area (TPSA) is 61.4 Å². The van der Waals surface area contributed by atoms with Crippen molar-refractivity contribution in [3.63, 3.8) is 0 Å². The first kappa shape index (κ1) is 9.02. The maximum atomic E-state index is 10.6. The second-order valence-corrected chi connectivity index (χ2v) is 3.14. The van der Waals surface area contributed by atoms with E-state index >= 15 is 0 Å². The molecule has 0 fully saturated rings. The molecule has 0 saturated heterocycles. The van der Waals surface area contributed by atoms with Crippen molar-refractivity contribution in [2.75, 3.05) is 0 Å². The minimum Gasteiger partial charge on any atom is -0.330 e. The van der Waals surface area contributed by atoms with Gasteiger partial charge in [-0.1, -0.05) is 0 Å². The molecule has 1 aromatic rings. The first-order valence-corrected chi connectivity index (χ1v) is 4.41. The third kappa shape index (κ3) is 2.21. The lowest BCUT2D eigenvalue weighted by molar-refractivity contribution is 0.159. The molecule has 1 unspecified atom stereocenters. The Labute approximate surface area is 74.2 Å². The van der Waals surface area contributed by atoms with Gasteiger partial charge in [-0.05, 0) is 29.3 Å². The smallest absolute Gasteiger partial charge is 0.330 e. The van der Waals surface area contributed by atoms with Crippen LogP contribution < -0.4 is 10.8 Å². The molecule has 5 heteroatoms. The van der Waals surface area contributed by atoms with E-state index in [1.54, 1.807) is 11.3 Å². The summed E-state index contributed by atoms with van der Waals surface area (Å²) < 4.78 is 0. The van der Waals surface area contributed by atoms with E-state index in [4.69, 9.17) is 5.21 Å². The summed E-state index contributed by atoms with van der Waals surface area (Å²) in [5, 5.41) is 14.6. The van der Waals surface area contributed by atoms with Gasteiger partial charge in [-0.25, -0.2) is 10.3 Å². The maximum Gasteiger partial charge on any atom is 0.338 e. The van der Waals surface area contributed by atoms with Crippen LogP contribution in [0.25, 0.3) is 0 Å². The molecule has 1 atom stereocenters. The third-order valence-corrected chi connectivity index (χ3v) is 2.19. The number of amides is 2. The number of thiophene rings is 1. The average molecular weight is 186 g/mol. The molecule has 4 nitrogen and oxygen atoms in total. The van der Waals surface area contributed by atoms with Crippen molar-refractivity contribution in [2.45, 2.75) is 13.0 Å². The third-order valence-electron chi connectivity index (χ3n) is 1.49. The molecule has 1 heterocycles. The molecule has 0 bridgehead atoms. The van der Waals surface area contributed by atoms with Gasteiger partial charge < -0.3 is 5.32 Å². The predicted octanol–water partition coefficient (Wildman–Crippen LogP) is 1.50. The Morgan fingerprint density at radius 3 is 3.00 bits per heavy atom. The number of carbonyl (C=O) groups is 1. The second kappa shape index (κ2) is 4.08. The molecule has 0 radical (unpaired) electrons. The number of carbonyl (C=O) groups excluding carboxylic acids is 1. The molecule has 0 saturated carbocycles. The molecule has 3 N–H and O–H groups in total. The largest absolute Gasteiger partial charge is 0.338 e. The van der Waals surface area contributed by atoms with Crippen molar-refractivity contribution >= 4 is 17.4 Å². The van der Waals surface area contributed by atoms with Crippen LogP contribution in [0.2, 0.25) is 0 Å². The minimum atomic E-state index is -0.589. The van der Waals surface area contributed by atoms with Crippen molar-refractivity contribution in [1.29, 1.82) is 0 Å². The van der Waals surface area contributed by atoms with Gasteiger partial charge in [0.15, 0.2) is 0 Å². The first-order chi connectivity index (χ1) is 5.74. The molecule has 2 amide bonds. The molecule has 12 heavy (non-hydrogen) atoms. The van der Waals surface area contributed by atoms with Crippen molar-refractivity contribution in [2.24, 2.45) is 0 Å². The lowest BCUT2D eigenvalue weighted by Crippen LogP contribution is -2.34. The van der Waals surface area contributed by atoms with Crippen molar-refractivity contribution in [1.82, 2.24) is 10.8 Å². The van der Waals surface area contributed by atoms with Crippen LogP contribution in [0.5, 0.6) is 0 Å². The predicted molar refractivity (Wildman–Crippen MR) is 46.2 cm³/mol. The van der Waals surface area contributed by atoms with Crippen LogP contribution in [0.15, 0.2) is 16.8 Å². The number of hydroxylamine groups is 1. The Kier molecular flexibility index (Phi) is 3.07. The lowest BCUT2D eigenvalue weighted by Gasteiger charge is -2.10. The number of hydrogen-bond donors (Lipinski definition) is 3. The van der Waals surface area contributed by atoms with E-state index in [9.17, 15) is 4.79 Å². The first-order valence-electron chi connectivity index (χ1n) is 3.46. The summed E-state index contributed by atoms with van der Waals surface area (Å²) in [6.45, 7) is 1.84. The van der Waals surface area contributed by atoms with Gasteiger partial charge in [0.1, 0.15) is 0 Å². The summed E-state index contributed by atoms with van der Waals surface area (Å²) in [4.78, 5) is 10.6. The summed E-state index contributed by atoms with van der Waals surface area (Å²) in [5.74, 6) is 0. The SMILES string of the molecule is CC(NC(=O)NO)c1ccsc1. The van der Waals surface area contributed by atoms with Gasteiger partial charge in [-0.3, -0.25) is 5.21 Å². The van der Waals surface area contributed by atoms with E-state index in [1.807, 2.05) is 23.8 Å². The summed E-state index contributed by atoms with van der Waals surface area (Å²) in [6, 6.07) is 1.25.